The van der Waals surface area contributed by atoms with Crippen LogP contribution in [0.5, 0.6) is 11.5 Å². The summed E-state index contributed by atoms with van der Waals surface area (Å²) in [4.78, 5) is 15.5. The van der Waals surface area contributed by atoms with Gasteiger partial charge in [0.05, 0.1) is 39.7 Å². The van der Waals surface area contributed by atoms with Crippen molar-refractivity contribution in [2.75, 3.05) is 26.2 Å². The molecule has 0 saturated heterocycles. The molecule has 6 nitrogen and oxygen atoms in total. The molecule has 2 amide bonds. The molecule has 0 bridgehead atoms. The highest BCUT2D eigenvalue weighted by Crippen LogP contribution is 2.51. The third-order valence-corrected chi connectivity index (χ3v) is 7.50. The lowest BCUT2D eigenvalue weighted by Crippen LogP contribution is -2.62. The zero-order valence-electron chi connectivity index (χ0n) is 23.4. The number of benzene rings is 3. The van der Waals surface area contributed by atoms with Gasteiger partial charge in [-0.15, -0.1) is 0 Å². The SMILES string of the molecule is COc1ccc(COCc2cc3c(cc2F)[C@@](C#CC2CC2)(C(F)(F)F)N(C)C(=O)N3Cc2ccc(OC)cc2)cc1. The van der Waals surface area contributed by atoms with Gasteiger partial charge in [-0.25, -0.2) is 9.18 Å². The molecule has 0 unspecified atom stereocenters. The average molecular weight is 583 g/mol. The highest BCUT2D eigenvalue weighted by atomic mass is 19.4. The maximum atomic E-state index is 15.6. The lowest BCUT2D eigenvalue weighted by Gasteiger charge is -2.47. The standard InChI is InChI=1S/C32H30F4N2O4/c1-37-30(39)38(18-22-6-10-25(40-2)11-7-22)29-16-24(20-42-19-23-8-12-26(41-3)13-9-23)28(33)17-27(29)31(37,32(34,35)36)15-14-21-4-5-21/h6-13,16-17,21H,4-5,18-20H2,1-3H3/t31-/m0/s1. The van der Waals surface area contributed by atoms with E-state index in [2.05, 4.69) is 11.8 Å². The summed E-state index contributed by atoms with van der Waals surface area (Å²) in [5, 5.41) is 0. The Morgan fingerprint density at radius 2 is 1.52 bits per heavy atom. The van der Waals surface area contributed by atoms with Crippen molar-refractivity contribution in [3.05, 3.63) is 88.7 Å². The van der Waals surface area contributed by atoms with Gasteiger partial charge in [-0.3, -0.25) is 9.80 Å². The number of urea groups is 1. The number of amides is 2. The molecule has 0 radical (unpaired) electrons. The van der Waals surface area contributed by atoms with E-state index in [1.54, 1.807) is 55.6 Å². The molecule has 1 aliphatic carbocycles. The lowest BCUT2D eigenvalue weighted by molar-refractivity contribution is -0.204. The second-order valence-corrected chi connectivity index (χ2v) is 10.3. The highest BCUT2D eigenvalue weighted by molar-refractivity contribution is 5.97. The quantitative estimate of drug-likeness (QED) is 0.217. The monoisotopic (exact) mass is 582 g/mol. The number of ether oxygens (including phenoxy) is 3. The molecule has 1 fully saturated rings. The van der Waals surface area contributed by atoms with E-state index in [0.717, 1.165) is 18.7 Å². The van der Waals surface area contributed by atoms with Gasteiger partial charge in [-0.05, 0) is 60.4 Å². The fraction of sp³-hybridized carbons (Fsp3) is 0.344. The lowest BCUT2D eigenvalue weighted by atomic mass is 9.83. The van der Waals surface area contributed by atoms with E-state index in [1.807, 2.05) is 0 Å². The van der Waals surface area contributed by atoms with E-state index in [9.17, 15) is 18.0 Å². The van der Waals surface area contributed by atoms with Crippen molar-refractivity contribution < 1.29 is 36.6 Å². The molecule has 5 rings (SSSR count). The molecule has 1 saturated carbocycles. The maximum absolute atomic E-state index is 15.6. The summed E-state index contributed by atoms with van der Waals surface area (Å²) in [7, 11) is 4.13. The minimum Gasteiger partial charge on any atom is -0.497 e. The second-order valence-electron chi connectivity index (χ2n) is 10.3. The number of carbonyl (C=O) groups is 1. The van der Waals surface area contributed by atoms with Gasteiger partial charge >= 0.3 is 12.2 Å². The van der Waals surface area contributed by atoms with Crippen LogP contribution in [0.15, 0.2) is 60.7 Å². The summed E-state index contributed by atoms with van der Waals surface area (Å²) in [5.74, 6) is 5.26. The van der Waals surface area contributed by atoms with Crippen LogP contribution in [0, 0.1) is 23.6 Å². The van der Waals surface area contributed by atoms with Gasteiger partial charge in [0.15, 0.2) is 0 Å². The van der Waals surface area contributed by atoms with Gasteiger partial charge in [0, 0.05) is 24.1 Å². The van der Waals surface area contributed by atoms with Crippen molar-refractivity contribution in [1.29, 1.82) is 0 Å². The molecule has 0 spiro atoms. The summed E-state index contributed by atoms with van der Waals surface area (Å²) >= 11 is 0. The number of rotatable bonds is 8. The fourth-order valence-corrected chi connectivity index (χ4v) is 4.90. The van der Waals surface area contributed by atoms with Gasteiger partial charge in [-0.2, -0.15) is 13.2 Å². The van der Waals surface area contributed by atoms with E-state index < -0.39 is 29.1 Å². The van der Waals surface area contributed by atoms with Crippen LogP contribution >= 0.6 is 0 Å². The van der Waals surface area contributed by atoms with Crippen molar-refractivity contribution in [3.8, 4) is 23.3 Å². The normalized spacial score (nSPS) is 18.3. The molecule has 1 atom stereocenters. The van der Waals surface area contributed by atoms with Crippen LogP contribution in [-0.4, -0.2) is 38.4 Å². The Balaban J connectivity index is 1.55. The summed E-state index contributed by atoms with van der Waals surface area (Å²) in [6.45, 7) is -0.142. The van der Waals surface area contributed by atoms with Crippen molar-refractivity contribution in [2.45, 2.75) is 44.3 Å². The van der Waals surface area contributed by atoms with Gasteiger partial charge in [0.1, 0.15) is 17.3 Å². The number of hydrogen-bond acceptors (Lipinski definition) is 4. The molecule has 1 heterocycles. The number of halogens is 4. The Morgan fingerprint density at radius 1 is 0.929 bits per heavy atom. The Bertz CT molecular complexity index is 1510. The van der Waals surface area contributed by atoms with Crippen molar-refractivity contribution in [2.24, 2.45) is 5.92 Å². The van der Waals surface area contributed by atoms with Gasteiger partial charge < -0.3 is 14.2 Å². The summed E-state index contributed by atoms with van der Waals surface area (Å²) < 4.78 is 76.6. The first-order valence-corrected chi connectivity index (χ1v) is 13.4. The molecule has 3 aromatic carbocycles. The van der Waals surface area contributed by atoms with E-state index in [1.165, 1.54) is 18.1 Å². The Hall–Kier alpha value is -4.23. The Morgan fingerprint density at radius 3 is 2.07 bits per heavy atom. The minimum absolute atomic E-state index is 0.0190. The van der Waals surface area contributed by atoms with Crippen LogP contribution in [0.2, 0.25) is 0 Å². The van der Waals surface area contributed by atoms with Gasteiger partial charge in [0.2, 0.25) is 5.54 Å². The number of methoxy groups -OCH3 is 2. The van der Waals surface area contributed by atoms with Gasteiger partial charge in [0.25, 0.3) is 0 Å². The van der Waals surface area contributed by atoms with Crippen LogP contribution in [0.25, 0.3) is 0 Å². The van der Waals surface area contributed by atoms with E-state index in [4.69, 9.17) is 14.2 Å². The number of carbonyl (C=O) groups excluding carboxylic acids is 1. The van der Waals surface area contributed by atoms with Crippen molar-refractivity contribution in [3.63, 3.8) is 0 Å². The van der Waals surface area contributed by atoms with Crippen LogP contribution < -0.4 is 14.4 Å². The average Bonchev–Trinajstić information content (AvgIpc) is 3.81. The number of anilines is 1. The van der Waals surface area contributed by atoms with Crippen molar-refractivity contribution in [1.82, 2.24) is 4.90 Å². The number of fused-ring (bicyclic) bond motifs is 1. The fourth-order valence-electron chi connectivity index (χ4n) is 4.90. The molecule has 220 valence electrons. The van der Waals surface area contributed by atoms with Crippen LogP contribution in [0.1, 0.15) is 35.1 Å². The zero-order valence-corrected chi connectivity index (χ0v) is 23.4. The minimum atomic E-state index is -5.00. The second kappa shape index (κ2) is 11.6. The highest BCUT2D eigenvalue weighted by Gasteiger charge is 2.64. The Labute approximate surface area is 241 Å². The maximum Gasteiger partial charge on any atom is 0.427 e. The molecule has 0 aromatic heterocycles. The molecule has 2 aliphatic rings. The molecule has 1 aliphatic heterocycles. The third-order valence-electron chi connectivity index (χ3n) is 7.50. The van der Waals surface area contributed by atoms with Crippen LogP contribution in [0.4, 0.5) is 28.0 Å². The van der Waals surface area contributed by atoms with Gasteiger partial charge in [-0.1, -0.05) is 36.1 Å². The van der Waals surface area contributed by atoms with E-state index in [-0.39, 0.29) is 36.9 Å². The summed E-state index contributed by atoms with van der Waals surface area (Å²) in [6.07, 6.45) is -3.62. The zero-order chi connectivity index (χ0) is 30.1. The van der Waals surface area contributed by atoms with Crippen molar-refractivity contribution >= 4 is 11.7 Å². The topological polar surface area (TPSA) is 51.2 Å². The molecule has 0 N–H and O–H groups in total. The third kappa shape index (κ3) is 5.61. The largest absolute Gasteiger partial charge is 0.497 e. The molecule has 10 heteroatoms. The Kier molecular flexibility index (Phi) is 8.06. The smallest absolute Gasteiger partial charge is 0.427 e. The summed E-state index contributed by atoms with van der Waals surface area (Å²) in [5.41, 5.74) is -2.05. The molecule has 42 heavy (non-hydrogen) atoms. The van der Waals surface area contributed by atoms with E-state index in [0.29, 0.717) is 34.8 Å². The molecular weight excluding hydrogens is 552 g/mol. The van der Waals surface area contributed by atoms with Crippen LogP contribution in [-0.2, 0) is 30.0 Å². The first-order chi connectivity index (χ1) is 20.1. The number of nitrogens with zero attached hydrogens (tertiary/aromatic N) is 2. The predicted octanol–water partition coefficient (Wildman–Crippen LogP) is 6.80. The number of hydrogen-bond donors (Lipinski definition) is 0. The summed E-state index contributed by atoms with van der Waals surface area (Å²) in [6, 6.07) is 15.1. The van der Waals surface area contributed by atoms with E-state index >= 15 is 4.39 Å². The first-order valence-electron chi connectivity index (χ1n) is 13.4. The first kappa shape index (κ1) is 29.3. The number of alkyl halides is 3. The van der Waals surface area contributed by atoms with Crippen LogP contribution in [0.3, 0.4) is 0 Å². The predicted molar refractivity (Wildman–Crippen MR) is 148 cm³/mol. The molecule has 3 aromatic rings. The molecular formula is C32H30F4N2O4.